The molecule has 10 nitrogen and oxygen atoms in total. The molecule has 1 atom stereocenters. The number of amides is 2. The van der Waals surface area contributed by atoms with Crippen molar-refractivity contribution in [3.63, 3.8) is 0 Å². The summed E-state index contributed by atoms with van der Waals surface area (Å²) in [6.45, 7) is 5.61. The summed E-state index contributed by atoms with van der Waals surface area (Å²) in [5, 5.41) is 25.3. The number of fused-ring (bicyclic) bond motifs is 2. The Morgan fingerprint density at radius 3 is 2.41 bits per heavy atom. The predicted octanol–water partition coefficient (Wildman–Crippen LogP) is 3.42. The summed E-state index contributed by atoms with van der Waals surface area (Å²) in [6.07, 6.45) is 1.60. The van der Waals surface area contributed by atoms with E-state index in [2.05, 4.69) is 10.6 Å². The number of aryl methyl sites for hydroxylation is 3. The molecule has 0 unspecified atom stereocenters. The molecule has 10 heteroatoms. The molecule has 0 fully saturated rings. The van der Waals surface area contributed by atoms with Crippen LogP contribution in [0.15, 0.2) is 50.2 Å². The second-order valence-corrected chi connectivity index (χ2v) is 9.62. The number of carboxylic acid groups (broad SMARTS) is 1. The van der Waals surface area contributed by atoms with Crippen molar-refractivity contribution < 1.29 is 33.4 Å². The molecule has 204 valence electrons. The molecule has 2 aromatic heterocycles. The van der Waals surface area contributed by atoms with E-state index in [0.29, 0.717) is 33.2 Å². The van der Waals surface area contributed by atoms with Gasteiger partial charge in [-0.05, 0) is 62.1 Å². The number of phenolic OH excluding ortho intramolecular Hbond substituents is 1. The summed E-state index contributed by atoms with van der Waals surface area (Å²) in [7, 11) is 0. The molecule has 4 aromatic rings. The van der Waals surface area contributed by atoms with Crippen molar-refractivity contribution in [3.05, 3.63) is 74.8 Å². The summed E-state index contributed by atoms with van der Waals surface area (Å²) in [4.78, 5) is 49.7. The lowest BCUT2D eigenvalue weighted by Crippen LogP contribution is -2.49. The van der Waals surface area contributed by atoms with Crippen LogP contribution < -0.4 is 16.3 Å². The predicted molar refractivity (Wildman–Crippen MR) is 144 cm³/mol. The van der Waals surface area contributed by atoms with Gasteiger partial charge in [0.2, 0.25) is 11.8 Å². The average molecular weight is 535 g/mol. The molecule has 39 heavy (non-hydrogen) atoms. The minimum atomic E-state index is -0.991. The zero-order valence-corrected chi connectivity index (χ0v) is 21.9. The van der Waals surface area contributed by atoms with Crippen LogP contribution in [-0.4, -0.2) is 40.6 Å². The number of carbonyl (C=O) groups is 3. The number of phenols is 1. The molecule has 4 N–H and O–H groups in total. The fraction of sp³-hybridized carbons (Fsp3) is 0.310. The standard InChI is InChI=1S/C29H30N2O8/c1-15-14-38-26-17(3)27-21(12-20(15)26)16(2)22(29(37)39-27)13-24(33)31-23(11-18-6-8-19(32)9-7-18)28(36)30-10-4-5-25(34)35/h6-9,12,14,23,32H,4-5,10-11,13H2,1-3H3,(H,30,36)(H,31,33)(H,34,35)/t23-/m1/s1. The second-order valence-electron chi connectivity index (χ2n) is 9.62. The number of hydrogen-bond donors (Lipinski definition) is 4. The summed E-state index contributed by atoms with van der Waals surface area (Å²) in [5.41, 5.74) is 3.50. The van der Waals surface area contributed by atoms with E-state index in [0.717, 1.165) is 10.9 Å². The lowest BCUT2D eigenvalue weighted by molar-refractivity contribution is -0.137. The van der Waals surface area contributed by atoms with Gasteiger partial charge < -0.3 is 29.7 Å². The largest absolute Gasteiger partial charge is 0.508 e. The maximum Gasteiger partial charge on any atom is 0.340 e. The highest BCUT2D eigenvalue weighted by atomic mass is 16.4. The Labute approximate surface area is 223 Å². The molecular weight excluding hydrogens is 504 g/mol. The summed E-state index contributed by atoms with van der Waals surface area (Å²) >= 11 is 0. The minimum Gasteiger partial charge on any atom is -0.508 e. The Balaban J connectivity index is 1.57. The van der Waals surface area contributed by atoms with E-state index in [1.165, 1.54) is 12.1 Å². The van der Waals surface area contributed by atoms with E-state index in [1.54, 1.807) is 25.3 Å². The van der Waals surface area contributed by atoms with Crippen LogP contribution in [0.4, 0.5) is 0 Å². The van der Waals surface area contributed by atoms with Gasteiger partial charge in [-0.25, -0.2) is 4.79 Å². The Hall–Kier alpha value is -4.60. The zero-order valence-electron chi connectivity index (χ0n) is 21.9. The summed E-state index contributed by atoms with van der Waals surface area (Å²) < 4.78 is 11.2. The van der Waals surface area contributed by atoms with Gasteiger partial charge >= 0.3 is 11.6 Å². The van der Waals surface area contributed by atoms with E-state index in [4.69, 9.17) is 13.9 Å². The molecular formula is C29H30N2O8. The van der Waals surface area contributed by atoms with Crippen molar-refractivity contribution in [1.29, 1.82) is 0 Å². The Morgan fingerprint density at radius 1 is 1.00 bits per heavy atom. The van der Waals surface area contributed by atoms with Gasteiger partial charge in [-0.3, -0.25) is 14.4 Å². The number of rotatable bonds is 10. The highest BCUT2D eigenvalue weighted by molar-refractivity contribution is 6.00. The van der Waals surface area contributed by atoms with Crippen molar-refractivity contribution >= 4 is 39.7 Å². The molecule has 2 aromatic carbocycles. The van der Waals surface area contributed by atoms with Crippen LogP contribution in [0.2, 0.25) is 0 Å². The SMILES string of the molecule is Cc1coc2c(C)c3oc(=O)c(CC(=O)N[C@H](Cc4ccc(O)cc4)C(=O)NCCCC(=O)O)c(C)c3cc12. The third kappa shape index (κ3) is 6.11. The molecule has 0 saturated heterocycles. The number of benzene rings is 2. The van der Waals surface area contributed by atoms with Crippen molar-refractivity contribution in [2.45, 2.75) is 52.5 Å². The van der Waals surface area contributed by atoms with Gasteiger partial charge in [0.05, 0.1) is 18.2 Å². The topological polar surface area (TPSA) is 159 Å². The van der Waals surface area contributed by atoms with Crippen LogP contribution in [0.5, 0.6) is 5.75 Å². The monoisotopic (exact) mass is 534 g/mol. The normalized spacial score (nSPS) is 12.0. The van der Waals surface area contributed by atoms with Gasteiger partial charge in [0.15, 0.2) is 0 Å². The molecule has 0 aliphatic rings. The van der Waals surface area contributed by atoms with E-state index in [-0.39, 0.29) is 43.5 Å². The average Bonchev–Trinajstić information content (AvgIpc) is 3.26. The summed E-state index contributed by atoms with van der Waals surface area (Å²) in [5.74, 6) is -1.94. The van der Waals surface area contributed by atoms with Crippen LogP contribution in [0.3, 0.4) is 0 Å². The lowest BCUT2D eigenvalue weighted by atomic mass is 9.98. The third-order valence-corrected chi connectivity index (χ3v) is 6.77. The van der Waals surface area contributed by atoms with Gasteiger partial charge in [0.1, 0.15) is 23.0 Å². The minimum absolute atomic E-state index is 0.0640. The molecule has 2 heterocycles. The van der Waals surface area contributed by atoms with E-state index in [9.17, 15) is 24.3 Å². The lowest BCUT2D eigenvalue weighted by Gasteiger charge is -2.19. The molecule has 4 rings (SSSR count). The number of carbonyl (C=O) groups excluding carboxylic acids is 2. The maximum absolute atomic E-state index is 13.1. The van der Waals surface area contributed by atoms with Crippen molar-refractivity contribution in [2.75, 3.05) is 6.54 Å². The zero-order chi connectivity index (χ0) is 28.3. The molecule has 0 aliphatic carbocycles. The first-order chi connectivity index (χ1) is 18.5. The number of furan rings is 1. The van der Waals surface area contributed by atoms with Crippen LogP contribution >= 0.6 is 0 Å². The van der Waals surface area contributed by atoms with Crippen molar-refractivity contribution in [1.82, 2.24) is 10.6 Å². The van der Waals surface area contributed by atoms with E-state index >= 15 is 0 Å². The molecule has 0 spiro atoms. The number of carboxylic acids is 1. The van der Waals surface area contributed by atoms with Crippen molar-refractivity contribution in [3.8, 4) is 5.75 Å². The van der Waals surface area contributed by atoms with E-state index in [1.807, 2.05) is 19.9 Å². The van der Waals surface area contributed by atoms with Crippen LogP contribution in [0.25, 0.3) is 21.9 Å². The van der Waals surface area contributed by atoms with Gasteiger partial charge in [-0.15, -0.1) is 0 Å². The number of aromatic hydroxyl groups is 1. The maximum atomic E-state index is 13.1. The Bertz CT molecular complexity index is 1610. The van der Waals surface area contributed by atoms with Gasteiger partial charge in [0, 0.05) is 35.7 Å². The van der Waals surface area contributed by atoms with Gasteiger partial charge in [-0.2, -0.15) is 0 Å². The van der Waals surface area contributed by atoms with Gasteiger partial charge in [-0.1, -0.05) is 12.1 Å². The smallest absolute Gasteiger partial charge is 0.340 e. The highest BCUT2D eigenvalue weighted by Crippen LogP contribution is 2.32. The first-order valence-electron chi connectivity index (χ1n) is 12.6. The molecule has 2 amide bonds. The third-order valence-electron chi connectivity index (χ3n) is 6.77. The Kier molecular flexibility index (Phi) is 8.04. The number of aliphatic carboxylic acids is 1. The highest BCUT2D eigenvalue weighted by Gasteiger charge is 2.24. The van der Waals surface area contributed by atoms with Gasteiger partial charge in [0.25, 0.3) is 0 Å². The van der Waals surface area contributed by atoms with E-state index < -0.39 is 29.5 Å². The first-order valence-corrected chi connectivity index (χ1v) is 12.6. The molecule has 0 aliphatic heterocycles. The second kappa shape index (κ2) is 11.4. The van der Waals surface area contributed by atoms with Crippen LogP contribution in [0, 0.1) is 20.8 Å². The van der Waals surface area contributed by atoms with Crippen LogP contribution in [-0.2, 0) is 27.2 Å². The number of hydrogen-bond acceptors (Lipinski definition) is 7. The molecule has 0 bridgehead atoms. The fourth-order valence-corrected chi connectivity index (χ4v) is 4.58. The van der Waals surface area contributed by atoms with Crippen molar-refractivity contribution in [2.24, 2.45) is 0 Å². The molecule has 0 saturated carbocycles. The summed E-state index contributed by atoms with van der Waals surface area (Å²) in [6, 6.07) is 7.11. The Morgan fingerprint density at radius 2 is 1.72 bits per heavy atom. The first kappa shape index (κ1) is 27.4. The quantitative estimate of drug-likeness (QED) is 0.178. The number of nitrogens with one attached hydrogen (secondary N) is 2. The molecule has 0 radical (unpaired) electrons. The van der Waals surface area contributed by atoms with Crippen LogP contribution in [0.1, 0.15) is 40.7 Å². The fourth-order valence-electron chi connectivity index (χ4n) is 4.58.